The van der Waals surface area contributed by atoms with Crippen molar-refractivity contribution in [2.75, 3.05) is 11.4 Å². The van der Waals surface area contributed by atoms with Crippen molar-refractivity contribution in [3.8, 4) is 6.07 Å². The van der Waals surface area contributed by atoms with E-state index < -0.39 is 5.97 Å². The average Bonchev–Trinajstić information content (AvgIpc) is 2.35. The van der Waals surface area contributed by atoms with Crippen LogP contribution in [0.4, 0.5) is 5.69 Å². The summed E-state index contributed by atoms with van der Waals surface area (Å²) in [6.07, 6.45) is 0.825. The number of carbonyl (C=O) groups is 1. The van der Waals surface area contributed by atoms with Crippen LogP contribution in [0.2, 0.25) is 0 Å². The molecule has 0 saturated heterocycles. The highest BCUT2D eigenvalue weighted by atomic mass is 16.4. The standard InChI is InChI=1S/C14H18N2O2/c1-4-11(3)16(9-14(17)18)13-6-5-10(2)7-12(13)8-15/h5-7,11H,4,9H2,1-3H3,(H,17,18). The van der Waals surface area contributed by atoms with Gasteiger partial charge in [0.15, 0.2) is 0 Å². The van der Waals surface area contributed by atoms with Crippen LogP contribution in [-0.4, -0.2) is 23.7 Å². The SMILES string of the molecule is CCC(C)N(CC(=O)O)c1ccc(C)cc1C#N. The van der Waals surface area contributed by atoms with Gasteiger partial charge in [-0.2, -0.15) is 5.26 Å². The number of hydrogen-bond donors (Lipinski definition) is 1. The topological polar surface area (TPSA) is 64.3 Å². The number of aliphatic carboxylic acids is 1. The van der Waals surface area contributed by atoms with Crippen molar-refractivity contribution in [1.82, 2.24) is 0 Å². The molecule has 1 aromatic rings. The van der Waals surface area contributed by atoms with E-state index in [1.54, 1.807) is 11.0 Å². The summed E-state index contributed by atoms with van der Waals surface area (Å²) in [6, 6.07) is 7.72. The predicted octanol–water partition coefficient (Wildman–Crippen LogP) is 2.56. The van der Waals surface area contributed by atoms with Gasteiger partial charge in [0.2, 0.25) is 0 Å². The minimum Gasteiger partial charge on any atom is -0.480 e. The molecule has 1 unspecified atom stereocenters. The molecule has 0 spiro atoms. The van der Waals surface area contributed by atoms with Gasteiger partial charge in [-0.25, -0.2) is 0 Å². The lowest BCUT2D eigenvalue weighted by Gasteiger charge is -2.30. The Morgan fingerprint density at radius 1 is 1.56 bits per heavy atom. The maximum absolute atomic E-state index is 10.9. The van der Waals surface area contributed by atoms with E-state index >= 15 is 0 Å². The number of hydrogen-bond acceptors (Lipinski definition) is 3. The van der Waals surface area contributed by atoms with E-state index in [0.717, 1.165) is 12.0 Å². The summed E-state index contributed by atoms with van der Waals surface area (Å²) in [5, 5.41) is 18.1. The van der Waals surface area contributed by atoms with Gasteiger partial charge in [-0.15, -0.1) is 0 Å². The fourth-order valence-corrected chi connectivity index (χ4v) is 1.83. The summed E-state index contributed by atoms with van der Waals surface area (Å²) in [5.41, 5.74) is 2.21. The van der Waals surface area contributed by atoms with Crippen LogP contribution in [0.15, 0.2) is 18.2 Å². The van der Waals surface area contributed by atoms with Gasteiger partial charge in [0.1, 0.15) is 12.6 Å². The third-order valence-electron chi connectivity index (χ3n) is 3.01. The lowest BCUT2D eigenvalue weighted by atomic mass is 10.1. The van der Waals surface area contributed by atoms with Gasteiger partial charge in [-0.3, -0.25) is 4.79 Å². The maximum Gasteiger partial charge on any atom is 0.323 e. The third kappa shape index (κ3) is 3.24. The van der Waals surface area contributed by atoms with Crippen molar-refractivity contribution in [3.63, 3.8) is 0 Å². The molecule has 0 bridgehead atoms. The third-order valence-corrected chi connectivity index (χ3v) is 3.01. The Bertz CT molecular complexity index is 477. The highest BCUT2D eigenvalue weighted by Gasteiger charge is 2.19. The maximum atomic E-state index is 10.9. The van der Waals surface area contributed by atoms with Crippen LogP contribution in [-0.2, 0) is 4.79 Å². The number of rotatable bonds is 5. The van der Waals surface area contributed by atoms with Gasteiger partial charge in [0, 0.05) is 6.04 Å². The van der Waals surface area contributed by atoms with E-state index in [1.807, 2.05) is 32.9 Å². The summed E-state index contributed by atoms with van der Waals surface area (Å²) in [5.74, 6) is -0.889. The number of nitriles is 1. The summed E-state index contributed by atoms with van der Waals surface area (Å²) in [6.45, 7) is 5.78. The first-order valence-electron chi connectivity index (χ1n) is 5.98. The minimum absolute atomic E-state index is 0.0795. The Morgan fingerprint density at radius 2 is 2.22 bits per heavy atom. The zero-order valence-electron chi connectivity index (χ0n) is 11.0. The molecule has 0 radical (unpaired) electrons. The number of nitrogens with zero attached hydrogens (tertiary/aromatic N) is 2. The molecule has 0 aliphatic heterocycles. The Labute approximate surface area is 107 Å². The van der Waals surface area contributed by atoms with E-state index in [2.05, 4.69) is 6.07 Å². The summed E-state index contributed by atoms with van der Waals surface area (Å²) >= 11 is 0. The van der Waals surface area contributed by atoms with Crippen LogP contribution in [0, 0.1) is 18.3 Å². The first kappa shape index (κ1) is 14.0. The van der Waals surface area contributed by atoms with Crippen molar-refractivity contribution >= 4 is 11.7 Å². The van der Waals surface area contributed by atoms with E-state index in [1.165, 1.54) is 0 Å². The van der Waals surface area contributed by atoms with Crippen LogP contribution < -0.4 is 4.90 Å². The molecule has 0 heterocycles. The molecule has 0 aliphatic carbocycles. The van der Waals surface area contributed by atoms with Crippen molar-refractivity contribution < 1.29 is 9.90 Å². The van der Waals surface area contributed by atoms with Gasteiger partial charge in [0.25, 0.3) is 0 Å². The number of benzene rings is 1. The van der Waals surface area contributed by atoms with Gasteiger partial charge in [-0.05, 0) is 38.0 Å². The van der Waals surface area contributed by atoms with Gasteiger partial charge in [-0.1, -0.05) is 13.0 Å². The van der Waals surface area contributed by atoms with Crippen LogP contribution in [0.25, 0.3) is 0 Å². The Hall–Kier alpha value is -2.02. The van der Waals surface area contributed by atoms with Crippen LogP contribution in [0.3, 0.4) is 0 Å². The van der Waals surface area contributed by atoms with Gasteiger partial charge in [0.05, 0.1) is 11.3 Å². The van der Waals surface area contributed by atoms with Gasteiger partial charge < -0.3 is 10.0 Å². The van der Waals surface area contributed by atoms with Gasteiger partial charge >= 0.3 is 5.97 Å². The summed E-state index contributed by atoms with van der Waals surface area (Å²) in [7, 11) is 0. The average molecular weight is 246 g/mol. The molecule has 1 rings (SSSR count). The van der Waals surface area contributed by atoms with Crippen LogP contribution in [0.1, 0.15) is 31.4 Å². The van der Waals surface area contributed by atoms with E-state index in [9.17, 15) is 4.79 Å². The van der Waals surface area contributed by atoms with E-state index in [4.69, 9.17) is 10.4 Å². The second-order valence-electron chi connectivity index (χ2n) is 4.41. The van der Waals surface area contributed by atoms with Crippen molar-refractivity contribution in [1.29, 1.82) is 5.26 Å². The molecular formula is C14H18N2O2. The number of anilines is 1. The minimum atomic E-state index is -0.889. The monoisotopic (exact) mass is 246 g/mol. The Morgan fingerprint density at radius 3 is 2.72 bits per heavy atom. The highest BCUT2D eigenvalue weighted by molar-refractivity contribution is 5.75. The number of carboxylic acid groups (broad SMARTS) is 1. The molecule has 1 atom stereocenters. The number of aryl methyl sites for hydroxylation is 1. The molecule has 4 nitrogen and oxygen atoms in total. The first-order valence-corrected chi connectivity index (χ1v) is 5.98. The molecular weight excluding hydrogens is 228 g/mol. The highest BCUT2D eigenvalue weighted by Crippen LogP contribution is 2.24. The molecule has 1 aromatic carbocycles. The fraction of sp³-hybridized carbons (Fsp3) is 0.429. The molecule has 0 fully saturated rings. The van der Waals surface area contributed by atoms with E-state index in [0.29, 0.717) is 11.3 Å². The molecule has 0 aliphatic rings. The zero-order valence-corrected chi connectivity index (χ0v) is 11.0. The van der Waals surface area contributed by atoms with E-state index in [-0.39, 0.29) is 12.6 Å². The first-order chi connectivity index (χ1) is 8.49. The summed E-state index contributed by atoms with van der Waals surface area (Å²) < 4.78 is 0. The molecule has 96 valence electrons. The molecule has 0 saturated carbocycles. The molecule has 1 N–H and O–H groups in total. The van der Waals surface area contributed by atoms with Crippen molar-refractivity contribution in [3.05, 3.63) is 29.3 Å². The van der Waals surface area contributed by atoms with Crippen LogP contribution >= 0.6 is 0 Å². The molecule has 0 aromatic heterocycles. The second kappa shape index (κ2) is 6.06. The van der Waals surface area contributed by atoms with Crippen molar-refractivity contribution in [2.24, 2.45) is 0 Å². The largest absolute Gasteiger partial charge is 0.480 e. The Balaban J connectivity index is 3.20. The van der Waals surface area contributed by atoms with Crippen LogP contribution in [0.5, 0.6) is 0 Å². The lowest BCUT2D eigenvalue weighted by Crippen LogP contribution is -2.37. The smallest absolute Gasteiger partial charge is 0.323 e. The molecule has 18 heavy (non-hydrogen) atoms. The van der Waals surface area contributed by atoms with Crippen molar-refractivity contribution in [2.45, 2.75) is 33.2 Å². The fourth-order valence-electron chi connectivity index (χ4n) is 1.83. The quantitative estimate of drug-likeness (QED) is 0.867. The normalized spacial score (nSPS) is 11.7. The Kier molecular flexibility index (Phi) is 4.73. The zero-order chi connectivity index (χ0) is 13.7. The summed E-state index contributed by atoms with van der Waals surface area (Å²) in [4.78, 5) is 12.7. The molecule has 0 amide bonds. The predicted molar refractivity (Wildman–Crippen MR) is 70.6 cm³/mol. The number of carboxylic acids is 1. The molecule has 4 heteroatoms. The lowest BCUT2D eigenvalue weighted by molar-refractivity contribution is -0.135. The second-order valence-corrected chi connectivity index (χ2v) is 4.41.